The number of aliphatic hydroxyl groups is 3. The van der Waals surface area contributed by atoms with Gasteiger partial charge >= 0.3 is 0 Å². The average Bonchev–Trinajstić information content (AvgIpc) is 2.83. The number of hydrogen-bond acceptors (Lipinski definition) is 8. The van der Waals surface area contributed by atoms with Gasteiger partial charge in [0.05, 0.1) is 12.3 Å². The molecule has 1 aliphatic rings. The number of fused-ring (bicyclic) bond motifs is 1. The van der Waals surface area contributed by atoms with Gasteiger partial charge in [-0.3, -0.25) is 4.79 Å². The van der Waals surface area contributed by atoms with Crippen molar-refractivity contribution in [1.82, 2.24) is 5.32 Å². The normalized spacial score (nSPS) is 25.3. The molecule has 9 heteroatoms. The summed E-state index contributed by atoms with van der Waals surface area (Å²) in [5.74, 6) is -0.110. The lowest BCUT2D eigenvalue weighted by Gasteiger charge is -2.42. The van der Waals surface area contributed by atoms with Crippen LogP contribution >= 0.6 is 0 Å². The molecule has 4 N–H and O–H groups in total. The van der Waals surface area contributed by atoms with Crippen molar-refractivity contribution in [2.75, 3.05) is 6.61 Å². The standard InChI is InChI=1S/C24H25N3O6/c1-14(29)25-20-22(31)21(30)19(13-28)32-24(20)33-23-17-10-6-5-7-15(17)11-12-18(23)27-26-16-8-3-2-4-9-16/h2-12,19-22,24,28,30-31H,13H2,1H3,(H,25,29)/t19-,20-,21-,22-,24+/m1/s1. The average molecular weight is 451 g/mol. The highest BCUT2D eigenvalue weighted by atomic mass is 16.7. The van der Waals surface area contributed by atoms with Gasteiger partial charge in [0.15, 0.2) is 5.75 Å². The molecule has 0 spiro atoms. The van der Waals surface area contributed by atoms with E-state index < -0.39 is 43.2 Å². The predicted molar refractivity (Wildman–Crippen MR) is 121 cm³/mol. The summed E-state index contributed by atoms with van der Waals surface area (Å²) in [4.78, 5) is 11.8. The first-order chi connectivity index (χ1) is 16.0. The number of ether oxygens (including phenoxy) is 2. The number of carbonyl (C=O) groups excluding carboxylic acids is 1. The fraction of sp³-hybridized carbons (Fsp3) is 0.292. The molecule has 33 heavy (non-hydrogen) atoms. The lowest BCUT2D eigenvalue weighted by Crippen LogP contribution is -2.65. The Kier molecular flexibility index (Phi) is 6.95. The third-order valence-electron chi connectivity index (χ3n) is 5.37. The molecule has 1 fully saturated rings. The Hall–Kier alpha value is -3.37. The molecule has 3 aromatic carbocycles. The highest BCUT2D eigenvalue weighted by Crippen LogP contribution is 2.39. The van der Waals surface area contributed by atoms with E-state index in [4.69, 9.17) is 9.47 Å². The van der Waals surface area contributed by atoms with Crippen LogP contribution < -0.4 is 10.1 Å². The monoisotopic (exact) mass is 451 g/mol. The van der Waals surface area contributed by atoms with Crippen LogP contribution in [0.5, 0.6) is 5.75 Å². The van der Waals surface area contributed by atoms with Gasteiger partial charge in [-0.15, -0.1) is 5.11 Å². The molecule has 5 atom stereocenters. The van der Waals surface area contributed by atoms with Crippen molar-refractivity contribution in [3.8, 4) is 5.75 Å². The van der Waals surface area contributed by atoms with Crippen molar-refractivity contribution in [3.63, 3.8) is 0 Å². The zero-order valence-corrected chi connectivity index (χ0v) is 17.9. The van der Waals surface area contributed by atoms with Gasteiger partial charge in [0.1, 0.15) is 30.0 Å². The zero-order valence-electron chi connectivity index (χ0n) is 17.9. The Bertz CT molecular complexity index is 1140. The largest absolute Gasteiger partial charge is 0.460 e. The first kappa shape index (κ1) is 22.8. The fourth-order valence-corrected chi connectivity index (χ4v) is 3.73. The lowest BCUT2D eigenvalue weighted by atomic mass is 9.97. The second-order valence-corrected chi connectivity index (χ2v) is 7.72. The summed E-state index contributed by atoms with van der Waals surface area (Å²) in [5.41, 5.74) is 1.06. The molecular formula is C24H25N3O6. The van der Waals surface area contributed by atoms with Crippen molar-refractivity contribution in [2.24, 2.45) is 10.2 Å². The molecule has 1 amide bonds. The number of rotatable bonds is 6. The third kappa shape index (κ3) is 5.01. The zero-order chi connectivity index (χ0) is 23.4. The van der Waals surface area contributed by atoms with E-state index in [0.717, 1.165) is 5.39 Å². The third-order valence-corrected chi connectivity index (χ3v) is 5.37. The summed E-state index contributed by atoms with van der Waals surface area (Å²) >= 11 is 0. The highest BCUT2D eigenvalue weighted by Gasteiger charge is 2.46. The molecular weight excluding hydrogens is 426 g/mol. The van der Waals surface area contributed by atoms with E-state index in [-0.39, 0.29) is 0 Å². The fourth-order valence-electron chi connectivity index (χ4n) is 3.73. The molecule has 0 unspecified atom stereocenters. The number of benzene rings is 3. The Labute approximate surface area is 190 Å². The van der Waals surface area contributed by atoms with Gasteiger partial charge in [0, 0.05) is 12.3 Å². The number of hydrogen-bond donors (Lipinski definition) is 4. The van der Waals surface area contributed by atoms with Gasteiger partial charge in [-0.25, -0.2) is 0 Å². The molecule has 0 saturated carbocycles. The van der Waals surface area contributed by atoms with Crippen LogP contribution in [0.2, 0.25) is 0 Å². The van der Waals surface area contributed by atoms with Crippen LogP contribution in [0.3, 0.4) is 0 Å². The van der Waals surface area contributed by atoms with E-state index in [2.05, 4.69) is 15.5 Å². The Morgan fingerprint density at radius 1 is 1.00 bits per heavy atom. The van der Waals surface area contributed by atoms with Crippen molar-refractivity contribution >= 4 is 28.1 Å². The number of amides is 1. The first-order valence-corrected chi connectivity index (χ1v) is 10.5. The second-order valence-electron chi connectivity index (χ2n) is 7.72. The quantitative estimate of drug-likeness (QED) is 0.426. The van der Waals surface area contributed by atoms with Crippen LogP contribution in [0.4, 0.5) is 11.4 Å². The maximum Gasteiger partial charge on any atom is 0.223 e. The summed E-state index contributed by atoms with van der Waals surface area (Å²) in [6.07, 6.45) is -5.13. The minimum absolute atomic E-state index is 0.327. The van der Waals surface area contributed by atoms with Gasteiger partial charge in [-0.2, -0.15) is 5.11 Å². The van der Waals surface area contributed by atoms with E-state index in [9.17, 15) is 20.1 Å². The molecule has 3 aromatic rings. The van der Waals surface area contributed by atoms with Gasteiger partial charge < -0.3 is 30.1 Å². The number of nitrogens with one attached hydrogen (secondary N) is 1. The van der Waals surface area contributed by atoms with Crippen LogP contribution in [0.25, 0.3) is 10.8 Å². The van der Waals surface area contributed by atoms with E-state index in [1.165, 1.54) is 6.92 Å². The molecule has 9 nitrogen and oxygen atoms in total. The van der Waals surface area contributed by atoms with Crippen molar-refractivity contribution < 1.29 is 29.6 Å². The number of aliphatic hydroxyl groups excluding tert-OH is 3. The summed E-state index contributed by atoms with van der Waals surface area (Å²) in [6, 6.07) is 19.2. The van der Waals surface area contributed by atoms with Gasteiger partial charge in [-0.1, -0.05) is 48.5 Å². The first-order valence-electron chi connectivity index (χ1n) is 10.5. The Balaban J connectivity index is 1.75. The second kappa shape index (κ2) is 10.1. The number of carbonyl (C=O) groups is 1. The SMILES string of the molecule is CC(=O)N[C@H]1[C@H](Oc2c(N=Nc3ccccc3)ccc3ccccc23)O[C@H](CO)[C@@H](O)[C@@H]1O. The summed E-state index contributed by atoms with van der Waals surface area (Å²) in [7, 11) is 0. The van der Waals surface area contributed by atoms with Crippen LogP contribution in [-0.2, 0) is 9.53 Å². The Morgan fingerprint density at radius 2 is 1.73 bits per heavy atom. The van der Waals surface area contributed by atoms with Crippen LogP contribution in [0.1, 0.15) is 6.92 Å². The minimum atomic E-state index is -1.42. The maximum atomic E-state index is 11.8. The molecule has 172 valence electrons. The van der Waals surface area contributed by atoms with E-state index in [1.807, 2.05) is 60.7 Å². The van der Waals surface area contributed by atoms with Gasteiger partial charge in [-0.05, 0) is 23.6 Å². The topological polar surface area (TPSA) is 133 Å². The summed E-state index contributed by atoms with van der Waals surface area (Å²) in [5, 5.41) is 43.2. The molecule has 0 aliphatic carbocycles. The summed E-state index contributed by atoms with van der Waals surface area (Å²) in [6.45, 7) is 0.743. The van der Waals surface area contributed by atoms with E-state index in [0.29, 0.717) is 22.5 Å². The molecule has 1 heterocycles. The molecule has 1 saturated heterocycles. The molecule has 0 bridgehead atoms. The Morgan fingerprint density at radius 3 is 2.45 bits per heavy atom. The van der Waals surface area contributed by atoms with E-state index >= 15 is 0 Å². The summed E-state index contributed by atoms with van der Waals surface area (Å²) < 4.78 is 11.9. The van der Waals surface area contributed by atoms with Gasteiger partial charge in [0.2, 0.25) is 12.2 Å². The van der Waals surface area contributed by atoms with Crippen molar-refractivity contribution in [2.45, 2.75) is 37.6 Å². The van der Waals surface area contributed by atoms with Crippen molar-refractivity contribution in [3.05, 3.63) is 66.7 Å². The highest BCUT2D eigenvalue weighted by molar-refractivity contribution is 5.92. The maximum absolute atomic E-state index is 11.8. The van der Waals surface area contributed by atoms with Crippen LogP contribution in [-0.4, -0.2) is 58.5 Å². The van der Waals surface area contributed by atoms with Crippen LogP contribution in [0, 0.1) is 0 Å². The number of azo groups is 1. The van der Waals surface area contributed by atoms with E-state index in [1.54, 1.807) is 6.07 Å². The smallest absolute Gasteiger partial charge is 0.223 e. The molecule has 0 aromatic heterocycles. The van der Waals surface area contributed by atoms with Crippen LogP contribution in [0.15, 0.2) is 77.0 Å². The molecule has 1 aliphatic heterocycles. The predicted octanol–water partition coefficient (Wildman–Crippen LogP) is 2.58. The molecule has 4 rings (SSSR count). The molecule has 0 radical (unpaired) electrons. The minimum Gasteiger partial charge on any atom is -0.460 e. The van der Waals surface area contributed by atoms with Crippen molar-refractivity contribution in [1.29, 1.82) is 0 Å². The lowest BCUT2D eigenvalue weighted by molar-refractivity contribution is -0.244. The van der Waals surface area contributed by atoms with Gasteiger partial charge in [0.25, 0.3) is 0 Å². The number of nitrogens with zero attached hydrogens (tertiary/aromatic N) is 2.